The number of aliphatic hydroxyl groups is 1. The Morgan fingerprint density at radius 1 is 1.32 bits per heavy atom. The van der Waals surface area contributed by atoms with E-state index in [4.69, 9.17) is 9.47 Å². The van der Waals surface area contributed by atoms with Crippen molar-refractivity contribution in [1.82, 2.24) is 0 Å². The van der Waals surface area contributed by atoms with E-state index in [1.165, 1.54) is 0 Å². The minimum Gasteiger partial charge on any atom is -0.465 e. The van der Waals surface area contributed by atoms with Crippen molar-refractivity contribution >= 4 is 11.9 Å². The van der Waals surface area contributed by atoms with Gasteiger partial charge in [0.2, 0.25) is 0 Å². The summed E-state index contributed by atoms with van der Waals surface area (Å²) >= 11 is 0. The standard InChI is InChI=1S/C20H28O5/c1-12-15(21)9-20-11-25-18(23)14(20)4-3-5-16(20)19(12,2)7-6-13-8-17(22)24-10-13/h4,12-13,15-16,21H,3,5-11H2,1-2H3/t12-,13?,15-,16-,19+,20-/m1/s1. The molecular weight excluding hydrogens is 320 g/mol. The van der Waals surface area contributed by atoms with E-state index < -0.39 is 6.10 Å². The quantitative estimate of drug-likeness (QED) is 0.794. The molecule has 1 spiro atoms. The highest BCUT2D eigenvalue weighted by atomic mass is 16.5. The highest BCUT2D eigenvalue weighted by molar-refractivity contribution is 5.92. The maximum Gasteiger partial charge on any atom is 0.334 e. The predicted octanol–water partition coefficient (Wildman–Crippen LogP) is 2.62. The molecule has 1 saturated carbocycles. The Labute approximate surface area is 148 Å². The van der Waals surface area contributed by atoms with E-state index in [0.29, 0.717) is 32.0 Å². The van der Waals surface area contributed by atoms with Crippen LogP contribution in [0.5, 0.6) is 0 Å². The van der Waals surface area contributed by atoms with Crippen molar-refractivity contribution in [1.29, 1.82) is 0 Å². The Balaban J connectivity index is 1.62. The van der Waals surface area contributed by atoms with E-state index in [-0.39, 0.29) is 34.6 Å². The molecule has 5 heteroatoms. The number of hydrogen-bond donors (Lipinski definition) is 1. The maximum absolute atomic E-state index is 12.2. The van der Waals surface area contributed by atoms with E-state index in [2.05, 4.69) is 13.8 Å². The molecule has 2 heterocycles. The van der Waals surface area contributed by atoms with Gasteiger partial charge in [0.1, 0.15) is 6.61 Å². The van der Waals surface area contributed by atoms with Gasteiger partial charge < -0.3 is 14.6 Å². The lowest BCUT2D eigenvalue weighted by atomic mass is 9.46. The van der Waals surface area contributed by atoms with Crippen molar-refractivity contribution in [3.8, 4) is 0 Å². The molecule has 0 radical (unpaired) electrons. The Hall–Kier alpha value is -1.36. The molecule has 4 rings (SSSR count). The van der Waals surface area contributed by atoms with Gasteiger partial charge in [0.25, 0.3) is 0 Å². The van der Waals surface area contributed by atoms with E-state index in [1.807, 2.05) is 6.08 Å². The molecule has 1 N–H and O–H groups in total. The molecule has 2 aliphatic heterocycles. The molecule has 0 aromatic heterocycles. The molecule has 5 nitrogen and oxygen atoms in total. The van der Waals surface area contributed by atoms with Gasteiger partial charge in [0, 0.05) is 16.9 Å². The van der Waals surface area contributed by atoms with Crippen LogP contribution in [0.4, 0.5) is 0 Å². The molecule has 138 valence electrons. The summed E-state index contributed by atoms with van der Waals surface area (Å²) in [5.74, 6) is 0.496. The van der Waals surface area contributed by atoms with Crippen LogP contribution in [0.3, 0.4) is 0 Å². The summed E-state index contributed by atoms with van der Waals surface area (Å²) in [6.45, 7) is 5.35. The van der Waals surface area contributed by atoms with Gasteiger partial charge in [-0.25, -0.2) is 4.79 Å². The van der Waals surface area contributed by atoms with Crippen molar-refractivity contribution in [2.45, 2.75) is 58.5 Å². The predicted molar refractivity (Wildman–Crippen MR) is 90.4 cm³/mol. The zero-order chi connectivity index (χ0) is 17.8. The van der Waals surface area contributed by atoms with E-state index in [1.54, 1.807) is 0 Å². The Morgan fingerprint density at radius 3 is 2.84 bits per heavy atom. The fourth-order valence-corrected chi connectivity index (χ4v) is 6.04. The largest absolute Gasteiger partial charge is 0.465 e. The van der Waals surface area contributed by atoms with Crippen LogP contribution < -0.4 is 0 Å². The van der Waals surface area contributed by atoms with Crippen LogP contribution in [0.1, 0.15) is 52.4 Å². The van der Waals surface area contributed by atoms with Gasteiger partial charge in [0.05, 0.1) is 19.1 Å². The number of carbonyl (C=O) groups is 2. The lowest BCUT2D eigenvalue weighted by Gasteiger charge is -2.58. The zero-order valence-corrected chi connectivity index (χ0v) is 15.1. The average Bonchev–Trinajstić information content (AvgIpc) is 3.15. The van der Waals surface area contributed by atoms with Crippen LogP contribution in [0.2, 0.25) is 0 Å². The van der Waals surface area contributed by atoms with Gasteiger partial charge in [-0.05, 0) is 49.4 Å². The summed E-state index contributed by atoms with van der Waals surface area (Å²) in [6.07, 6.45) is 6.55. The van der Waals surface area contributed by atoms with Crippen molar-refractivity contribution in [3.63, 3.8) is 0 Å². The van der Waals surface area contributed by atoms with Crippen molar-refractivity contribution in [3.05, 3.63) is 11.6 Å². The van der Waals surface area contributed by atoms with E-state index in [0.717, 1.165) is 31.3 Å². The molecule has 25 heavy (non-hydrogen) atoms. The molecular formula is C20H28O5. The molecule has 1 unspecified atom stereocenters. The monoisotopic (exact) mass is 348 g/mol. The highest BCUT2D eigenvalue weighted by Gasteiger charge is 2.63. The summed E-state index contributed by atoms with van der Waals surface area (Å²) < 4.78 is 10.6. The van der Waals surface area contributed by atoms with Crippen molar-refractivity contribution in [2.24, 2.45) is 28.6 Å². The Kier molecular flexibility index (Phi) is 3.98. The van der Waals surface area contributed by atoms with E-state index in [9.17, 15) is 14.7 Å². The second kappa shape index (κ2) is 5.83. The van der Waals surface area contributed by atoms with Crippen LogP contribution in [0.25, 0.3) is 0 Å². The zero-order valence-electron chi connectivity index (χ0n) is 15.1. The van der Waals surface area contributed by atoms with Crippen LogP contribution in [-0.2, 0) is 19.1 Å². The Bertz CT molecular complexity index is 626. The summed E-state index contributed by atoms with van der Waals surface area (Å²) in [5.41, 5.74) is 0.412. The normalized spacial score (nSPS) is 46.1. The molecule has 6 atom stereocenters. The third kappa shape index (κ3) is 2.46. The number of esters is 2. The number of hydrogen-bond acceptors (Lipinski definition) is 5. The van der Waals surface area contributed by atoms with Gasteiger partial charge >= 0.3 is 11.9 Å². The molecule has 3 fully saturated rings. The lowest BCUT2D eigenvalue weighted by molar-refractivity contribution is -0.139. The molecule has 4 aliphatic rings. The first-order valence-corrected chi connectivity index (χ1v) is 9.58. The molecule has 0 aromatic rings. The van der Waals surface area contributed by atoms with Crippen LogP contribution >= 0.6 is 0 Å². The lowest BCUT2D eigenvalue weighted by Crippen LogP contribution is -2.56. The third-order valence-electron chi connectivity index (χ3n) is 7.70. The first kappa shape index (κ1) is 17.1. The first-order chi connectivity index (χ1) is 11.9. The number of rotatable bonds is 3. The topological polar surface area (TPSA) is 72.8 Å². The van der Waals surface area contributed by atoms with Crippen LogP contribution in [-0.4, -0.2) is 36.4 Å². The summed E-state index contributed by atoms with van der Waals surface area (Å²) in [5, 5.41) is 10.8. The fourth-order valence-electron chi connectivity index (χ4n) is 6.04. The minimum atomic E-state index is -0.432. The second-order valence-electron chi connectivity index (χ2n) is 8.84. The first-order valence-electron chi connectivity index (χ1n) is 9.58. The molecule has 2 saturated heterocycles. The SMILES string of the molecule is C[C@@H]1[C@H](O)C[C@@]23COC(=O)C2=CCC[C@@H]3[C@@]1(C)CCC1COC(=O)C1. The number of allylic oxidation sites excluding steroid dienone is 1. The number of aliphatic hydroxyl groups excluding tert-OH is 1. The number of ether oxygens (including phenoxy) is 2. The molecule has 0 bridgehead atoms. The highest BCUT2D eigenvalue weighted by Crippen LogP contribution is 2.64. The van der Waals surface area contributed by atoms with E-state index >= 15 is 0 Å². The summed E-state index contributed by atoms with van der Waals surface area (Å²) in [7, 11) is 0. The molecule has 0 aromatic carbocycles. The van der Waals surface area contributed by atoms with Gasteiger partial charge in [0.15, 0.2) is 0 Å². The van der Waals surface area contributed by atoms with Crippen LogP contribution in [0.15, 0.2) is 11.6 Å². The Morgan fingerprint density at radius 2 is 2.12 bits per heavy atom. The summed E-state index contributed by atoms with van der Waals surface area (Å²) in [4.78, 5) is 23.6. The van der Waals surface area contributed by atoms with Crippen LogP contribution in [0, 0.1) is 28.6 Å². The smallest absolute Gasteiger partial charge is 0.334 e. The third-order valence-corrected chi connectivity index (χ3v) is 7.70. The van der Waals surface area contributed by atoms with Gasteiger partial charge in [-0.15, -0.1) is 0 Å². The van der Waals surface area contributed by atoms with Gasteiger partial charge in [-0.2, -0.15) is 0 Å². The van der Waals surface area contributed by atoms with Crippen molar-refractivity contribution < 1.29 is 24.2 Å². The summed E-state index contributed by atoms with van der Waals surface area (Å²) in [6, 6.07) is 0. The fraction of sp³-hybridized carbons (Fsp3) is 0.800. The average molecular weight is 348 g/mol. The second-order valence-corrected chi connectivity index (χ2v) is 8.84. The van der Waals surface area contributed by atoms with Crippen molar-refractivity contribution in [2.75, 3.05) is 13.2 Å². The number of cyclic esters (lactones) is 2. The molecule has 2 aliphatic carbocycles. The maximum atomic E-state index is 12.2. The van der Waals surface area contributed by atoms with Gasteiger partial charge in [-0.3, -0.25) is 4.79 Å². The number of carbonyl (C=O) groups excluding carboxylic acids is 2. The molecule has 0 amide bonds. The van der Waals surface area contributed by atoms with Gasteiger partial charge in [-0.1, -0.05) is 19.9 Å². The minimum absolute atomic E-state index is 0.0726.